The maximum atomic E-state index is 12.8. The minimum atomic E-state index is -0.485. The molecule has 2 heterocycles. The summed E-state index contributed by atoms with van der Waals surface area (Å²) in [6, 6.07) is 19.7. The number of imidazole rings is 1. The SMILES string of the molecule is COC(=O)CC(NC(=O)c1ccc(OCc2cn3cc(C)ccc3n2)cc1)c1ccccc1. The van der Waals surface area contributed by atoms with Crippen LogP contribution in [0, 0.1) is 6.92 Å². The highest BCUT2D eigenvalue weighted by Gasteiger charge is 2.19. The maximum absolute atomic E-state index is 12.8. The van der Waals surface area contributed by atoms with E-state index in [4.69, 9.17) is 9.47 Å². The highest BCUT2D eigenvalue weighted by atomic mass is 16.5. The molecule has 2 aromatic carbocycles. The van der Waals surface area contributed by atoms with E-state index in [2.05, 4.69) is 10.3 Å². The van der Waals surface area contributed by atoms with Crippen molar-refractivity contribution in [2.24, 2.45) is 0 Å². The number of carbonyl (C=O) groups excluding carboxylic acids is 2. The number of amides is 1. The molecule has 1 N–H and O–H groups in total. The number of ether oxygens (including phenoxy) is 2. The number of hydrogen-bond donors (Lipinski definition) is 1. The first-order valence-corrected chi connectivity index (χ1v) is 10.6. The van der Waals surface area contributed by atoms with Gasteiger partial charge in [-0.3, -0.25) is 9.59 Å². The Kier molecular flexibility index (Phi) is 6.69. The molecule has 0 spiro atoms. The van der Waals surface area contributed by atoms with Crippen LogP contribution in [0.2, 0.25) is 0 Å². The van der Waals surface area contributed by atoms with E-state index in [0.29, 0.717) is 17.9 Å². The van der Waals surface area contributed by atoms with Crippen LogP contribution >= 0.6 is 0 Å². The quantitative estimate of drug-likeness (QED) is 0.412. The summed E-state index contributed by atoms with van der Waals surface area (Å²) in [5.74, 6) is -0.0426. The molecule has 0 aliphatic carbocycles. The zero-order chi connectivity index (χ0) is 23.2. The van der Waals surface area contributed by atoms with Gasteiger partial charge in [0.25, 0.3) is 5.91 Å². The number of fused-ring (bicyclic) bond motifs is 1. The summed E-state index contributed by atoms with van der Waals surface area (Å²) in [5, 5.41) is 2.92. The van der Waals surface area contributed by atoms with E-state index in [-0.39, 0.29) is 12.3 Å². The van der Waals surface area contributed by atoms with Crippen LogP contribution in [0.3, 0.4) is 0 Å². The van der Waals surface area contributed by atoms with E-state index in [1.165, 1.54) is 7.11 Å². The largest absolute Gasteiger partial charge is 0.487 e. The zero-order valence-corrected chi connectivity index (χ0v) is 18.5. The zero-order valence-electron chi connectivity index (χ0n) is 18.5. The van der Waals surface area contributed by atoms with E-state index < -0.39 is 12.0 Å². The number of aryl methyl sites for hydroxylation is 1. The number of aromatic nitrogens is 2. The lowest BCUT2D eigenvalue weighted by molar-refractivity contribution is -0.141. The summed E-state index contributed by atoms with van der Waals surface area (Å²) in [4.78, 5) is 29.2. The Bertz CT molecular complexity index is 1250. The van der Waals surface area contributed by atoms with Crippen molar-refractivity contribution in [1.82, 2.24) is 14.7 Å². The van der Waals surface area contributed by atoms with Gasteiger partial charge < -0.3 is 19.2 Å². The van der Waals surface area contributed by atoms with Gasteiger partial charge in [0.1, 0.15) is 18.0 Å². The molecular weight excluding hydrogens is 418 g/mol. The predicted octanol–water partition coefficient (Wildman–Crippen LogP) is 4.26. The summed E-state index contributed by atoms with van der Waals surface area (Å²) in [6.45, 7) is 2.35. The maximum Gasteiger partial charge on any atom is 0.307 e. The smallest absolute Gasteiger partial charge is 0.307 e. The lowest BCUT2D eigenvalue weighted by Gasteiger charge is -2.18. The van der Waals surface area contributed by atoms with Crippen molar-refractivity contribution in [3.63, 3.8) is 0 Å². The molecule has 0 aliphatic heterocycles. The number of pyridine rings is 1. The van der Waals surface area contributed by atoms with Crippen LogP contribution in [0.5, 0.6) is 5.75 Å². The molecule has 1 unspecified atom stereocenters. The van der Waals surface area contributed by atoms with Crippen molar-refractivity contribution in [3.05, 3.63) is 102 Å². The molecule has 4 aromatic rings. The van der Waals surface area contributed by atoms with Crippen molar-refractivity contribution in [2.45, 2.75) is 26.0 Å². The Morgan fingerprint density at radius 2 is 1.76 bits per heavy atom. The van der Waals surface area contributed by atoms with Gasteiger partial charge in [0.15, 0.2) is 0 Å². The lowest BCUT2D eigenvalue weighted by Crippen LogP contribution is -2.30. The monoisotopic (exact) mass is 443 g/mol. The first kappa shape index (κ1) is 22.1. The standard InChI is InChI=1S/C26H25N3O4/c1-18-8-13-24-27-21(16-29(24)15-18)17-33-22-11-9-20(10-12-22)26(31)28-23(14-25(30)32-2)19-6-4-3-5-7-19/h3-13,15-16,23H,14,17H2,1-2H3,(H,28,31). The fraction of sp³-hybridized carbons (Fsp3) is 0.192. The number of methoxy groups -OCH3 is 1. The van der Waals surface area contributed by atoms with E-state index in [1.54, 1.807) is 24.3 Å². The van der Waals surface area contributed by atoms with Gasteiger partial charge in [0, 0.05) is 18.0 Å². The van der Waals surface area contributed by atoms with Crippen molar-refractivity contribution in [2.75, 3.05) is 7.11 Å². The van der Waals surface area contributed by atoms with Crippen molar-refractivity contribution in [3.8, 4) is 5.75 Å². The number of rotatable bonds is 8. The van der Waals surface area contributed by atoms with Crippen LogP contribution in [0.1, 0.15) is 39.6 Å². The first-order valence-electron chi connectivity index (χ1n) is 10.6. The fourth-order valence-corrected chi connectivity index (χ4v) is 3.51. The normalized spacial score (nSPS) is 11.7. The van der Waals surface area contributed by atoms with Gasteiger partial charge >= 0.3 is 5.97 Å². The van der Waals surface area contributed by atoms with Crippen LogP contribution in [-0.4, -0.2) is 28.4 Å². The van der Waals surface area contributed by atoms with Gasteiger partial charge in [0.2, 0.25) is 0 Å². The minimum absolute atomic E-state index is 0.0476. The molecule has 4 rings (SSSR count). The lowest BCUT2D eigenvalue weighted by atomic mass is 10.0. The summed E-state index contributed by atoms with van der Waals surface area (Å²) in [5.41, 5.74) is 4.14. The first-order chi connectivity index (χ1) is 16.0. The van der Waals surface area contributed by atoms with Gasteiger partial charge in [-0.25, -0.2) is 4.98 Å². The van der Waals surface area contributed by atoms with Crippen molar-refractivity contribution < 1.29 is 19.1 Å². The third-order valence-corrected chi connectivity index (χ3v) is 5.26. The van der Waals surface area contributed by atoms with Gasteiger partial charge in [-0.15, -0.1) is 0 Å². The van der Waals surface area contributed by atoms with E-state index in [0.717, 1.165) is 22.5 Å². The topological polar surface area (TPSA) is 81.9 Å². The second-order valence-electron chi connectivity index (χ2n) is 7.73. The third kappa shape index (κ3) is 5.57. The molecule has 168 valence electrons. The van der Waals surface area contributed by atoms with Crippen molar-refractivity contribution in [1.29, 1.82) is 0 Å². The van der Waals surface area contributed by atoms with Crippen LogP contribution < -0.4 is 10.1 Å². The molecule has 1 amide bonds. The van der Waals surface area contributed by atoms with E-state index in [9.17, 15) is 9.59 Å². The molecule has 7 nitrogen and oxygen atoms in total. The molecule has 7 heteroatoms. The average molecular weight is 444 g/mol. The van der Waals surface area contributed by atoms with E-state index in [1.807, 2.05) is 66.2 Å². The summed E-state index contributed by atoms with van der Waals surface area (Å²) in [6.07, 6.45) is 4.00. The highest BCUT2D eigenvalue weighted by Crippen LogP contribution is 2.19. The van der Waals surface area contributed by atoms with Gasteiger partial charge in [-0.05, 0) is 48.4 Å². The third-order valence-electron chi connectivity index (χ3n) is 5.26. The number of hydrogen-bond acceptors (Lipinski definition) is 5. The molecule has 0 saturated heterocycles. The van der Waals surface area contributed by atoms with Crippen LogP contribution in [0.15, 0.2) is 79.1 Å². The number of nitrogens with one attached hydrogen (secondary N) is 1. The summed E-state index contributed by atoms with van der Waals surface area (Å²) in [7, 11) is 1.33. The second kappa shape index (κ2) is 9.99. The number of benzene rings is 2. The Labute approximate surface area is 192 Å². The molecule has 0 saturated carbocycles. The molecule has 0 fully saturated rings. The Balaban J connectivity index is 1.39. The van der Waals surface area contributed by atoms with Gasteiger partial charge in [0.05, 0.1) is 25.3 Å². The molecule has 2 aromatic heterocycles. The Morgan fingerprint density at radius 1 is 1.00 bits per heavy atom. The Hall–Kier alpha value is -4.13. The van der Waals surface area contributed by atoms with Crippen LogP contribution in [-0.2, 0) is 16.1 Å². The fourth-order valence-electron chi connectivity index (χ4n) is 3.51. The summed E-state index contributed by atoms with van der Waals surface area (Å²) >= 11 is 0. The average Bonchev–Trinajstić information content (AvgIpc) is 3.25. The number of nitrogens with zero attached hydrogens (tertiary/aromatic N) is 2. The minimum Gasteiger partial charge on any atom is -0.487 e. The van der Waals surface area contributed by atoms with Crippen LogP contribution in [0.4, 0.5) is 0 Å². The molecule has 1 atom stereocenters. The van der Waals surface area contributed by atoms with E-state index >= 15 is 0 Å². The molecule has 0 aliphatic rings. The molecule has 0 bridgehead atoms. The Morgan fingerprint density at radius 3 is 2.48 bits per heavy atom. The van der Waals surface area contributed by atoms with Gasteiger partial charge in [-0.1, -0.05) is 36.4 Å². The van der Waals surface area contributed by atoms with Crippen molar-refractivity contribution >= 4 is 17.5 Å². The van der Waals surface area contributed by atoms with Gasteiger partial charge in [-0.2, -0.15) is 0 Å². The molecule has 0 radical (unpaired) electrons. The van der Waals surface area contributed by atoms with Crippen LogP contribution in [0.25, 0.3) is 5.65 Å². The number of esters is 1. The second-order valence-corrected chi connectivity index (χ2v) is 7.73. The molecular formula is C26H25N3O4. The predicted molar refractivity (Wildman–Crippen MR) is 124 cm³/mol. The number of carbonyl (C=O) groups is 2. The molecule has 33 heavy (non-hydrogen) atoms. The summed E-state index contributed by atoms with van der Waals surface area (Å²) < 4.78 is 12.6. The highest BCUT2D eigenvalue weighted by molar-refractivity contribution is 5.94.